The topological polar surface area (TPSA) is 88.1 Å². The summed E-state index contributed by atoms with van der Waals surface area (Å²) in [5, 5.41) is 8.38. The largest absolute Gasteiger partial charge is 0.383 e. The Labute approximate surface area is 143 Å². The molecule has 8 heteroatoms. The van der Waals surface area contributed by atoms with Gasteiger partial charge in [0.15, 0.2) is 5.65 Å². The molecule has 0 amide bonds. The third kappa shape index (κ3) is 3.44. The van der Waals surface area contributed by atoms with Gasteiger partial charge >= 0.3 is 0 Å². The van der Waals surface area contributed by atoms with Gasteiger partial charge in [-0.1, -0.05) is 13.8 Å². The monoisotopic (exact) mass is 332 g/mol. The van der Waals surface area contributed by atoms with Crippen molar-refractivity contribution in [2.45, 2.75) is 19.9 Å². The molecule has 3 heterocycles. The zero-order valence-electron chi connectivity index (χ0n) is 15.0. The standard InChI is InChI=1S/C16H28N8/c1-11(2)13(24-7-5-22(3)6-8-24)10-18-16-20-14(17)12-9-19-23(4)15(12)21-16/h9,11,13H,5-8,10H2,1-4H3,(H3,17,18,20,21). The second kappa shape index (κ2) is 6.90. The fourth-order valence-corrected chi connectivity index (χ4v) is 3.26. The van der Waals surface area contributed by atoms with E-state index in [0.717, 1.165) is 43.8 Å². The zero-order chi connectivity index (χ0) is 17.3. The van der Waals surface area contributed by atoms with Crippen LogP contribution in [0.2, 0.25) is 0 Å². The van der Waals surface area contributed by atoms with Gasteiger partial charge in [0.1, 0.15) is 5.82 Å². The van der Waals surface area contributed by atoms with E-state index in [4.69, 9.17) is 5.73 Å². The third-order valence-electron chi connectivity index (χ3n) is 4.87. The van der Waals surface area contributed by atoms with E-state index in [-0.39, 0.29) is 0 Å². The second-order valence-electron chi connectivity index (χ2n) is 6.97. The lowest BCUT2D eigenvalue weighted by Crippen LogP contribution is -2.52. The van der Waals surface area contributed by atoms with Crippen LogP contribution < -0.4 is 11.1 Å². The van der Waals surface area contributed by atoms with Crippen LogP contribution in [0.5, 0.6) is 0 Å². The number of rotatable bonds is 5. The van der Waals surface area contributed by atoms with E-state index in [1.807, 2.05) is 7.05 Å². The van der Waals surface area contributed by atoms with Crippen molar-refractivity contribution in [3.8, 4) is 0 Å². The number of anilines is 2. The number of fused-ring (bicyclic) bond motifs is 1. The maximum atomic E-state index is 6.03. The number of hydrogen-bond acceptors (Lipinski definition) is 7. The Morgan fingerprint density at radius 3 is 2.54 bits per heavy atom. The van der Waals surface area contributed by atoms with Gasteiger partial charge in [-0.3, -0.25) is 9.58 Å². The van der Waals surface area contributed by atoms with Gasteiger partial charge in [0, 0.05) is 45.8 Å². The number of nitrogens with one attached hydrogen (secondary N) is 1. The molecule has 0 radical (unpaired) electrons. The van der Waals surface area contributed by atoms with Crippen LogP contribution in [0, 0.1) is 5.92 Å². The van der Waals surface area contributed by atoms with Crippen LogP contribution >= 0.6 is 0 Å². The molecule has 2 aromatic rings. The van der Waals surface area contributed by atoms with Crippen LogP contribution in [0.25, 0.3) is 11.0 Å². The SMILES string of the molecule is CC(C)C(CNc1nc(N)c2cnn(C)c2n1)N1CCN(C)CC1. The van der Waals surface area contributed by atoms with Gasteiger partial charge in [0.2, 0.25) is 5.95 Å². The lowest BCUT2D eigenvalue weighted by Gasteiger charge is -2.39. The maximum absolute atomic E-state index is 6.03. The summed E-state index contributed by atoms with van der Waals surface area (Å²) in [4.78, 5) is 13.9. The highest BCUT2D eigenvalue weighted by atomic mass is 15.3. The highest BCUT2D eigenvalue weighted by molar-refractivity contribution is 5.86. The molecule has 1 aliphatic rings. The second-order valence-corrected chi connectivity index (χ2v) is 6.97. The summed E-state index contributed by atoms with van der Waals surface area (Å²) in [6, 6.07) is 0.450. The minimum absolute atomic E-state index is 0.450. The minimum atomic E-state index is 0.450. The average Bonchev–Trinajstić information content (AvgIpc) is 2.91. The Balaban J connectivity index is 1.71. The summed E-state index contributed by atoms with van der Waals surface area (Å²) in [6.45, 7) is 9.79. The van der Waals surface area contributed by atoms with Gasteiger partial charge < -0.3 is 16.0 Å². The van der Waals surface area contributed by atoms with Gasteiger partial charge in [-0.25, -0.2) is 0 Å². The first-order valence-corrected chi connectivity index (χ1v) is 8.57. The Bertz CT molecular complexity index is 687. The number of piperazine rings is 1. The molecule has 1 saturated heterocycles. The van der Waals surface area contributed by atoms with Crippen molar-refractivity contribution >= 4 is 22.8 Å². The molecule has 132 valence electrons. The van der Waals surface area contributed by atoms with Crippen molar-refractivity contribution < 1.29 is 0 Å². The summed E-state index contributed by atoms with van der Waals surface area (Å²) >= 11 is 0. The number of nitrogens with two attached hydrogens (primary N) is 1. The fraction of sp³-hybridized carbons (Fsp3) is 0.688. The normalized spacial score (nSPS) is 18.4. The Hall–Kier alpha value is -1.93. The molecule has 3 rings (SSSR count). The quantitative estimate of drug-likeness (QED) is 0.830. The number of likely N-dealkylation sites (N-methyl/N-ethyl adjacent to an activating group) is 1. The van der Waals surface area contributed by atoms with E-state index in [0.29, 0.717) is 23.7 Å². The van der Waals surface area contributed by atoms with E-state index >= 15 is 0 Å². The maximum Gasteiger partial charge on any atom is 0.226 e. The molecule has 2 aromatic heterocycles. The van der Waals surface area contributed by atoms with Gasteiger partial charge in [-0.15, -0.1) is 0 Å². The molecule has 1 unspecified atom stereocenters. The summed E-state index contributed by atoms with van der Waals surface area (Å²) in [5.74, 6) is 1.60. The lowest BCUT2D eigenvalue weighted by molar-refractivity contribution is 0.0943. The number of aromatic nitrogens is 4. The Kier molecular flexibility index (Phi) is 4.86. The van der Waals surface area contributed by atoms with Crippen molar-refractivity contribution in [2.24, 2.45) is 13.0 Å². The smallest absolute Gasteiger partial charge is 0.226 e. The number of nitrogens with zero attached hydrogens (tertiary/aromatic N) is 6. The van der Waals surface area contributed by atoms with Crippen LogP contribution in [0.15, 0.2) is 6.20 Å². The van der Waals surface area contributed by atoms with Gasteiger partial charge in [-0.2, -0.15) is 15.1 Å². The van der Waals surface area contributed by atoms with Crippen molar-refractivity contribution in [3.05, 3.63) is 6.20 Å². The lowest BCUT2D eigenvalue weighted by atomic mass is 10.0. The molecule has 0 aliphatic carbocycles. The average molecular weight is 332 g/mol. The van der Waals surface area contributed by atoms with Crippen molar-refractivity contribution in [3.63, 3.8) is 0 Å². The highest BCUT2D eigenvalue weighted by Crippen LogP contribution is 2.19. The van der Waals surface area contributed by atoms with Gasteiger partial charge in [-0.05, 0) is 13.0 Å². The fourth-order valence-electron chi connectivity index (χ4n) is 3.26. The van der Waals surface area contributed by atoms with Gasteiger partial charge in [0.05, 0.1) is 11.6 Å². The van der Waals surface area contributed by atoms with Crippen molar-refractivity contribution in [2.75, 3.05) is 50.8 Å². The van der Waals surface area contributed by atoms with Crippen molar-refractivity contribution in [1.29, 1.82) is 0 Å². The van der Waals surface area contributed by atoms with Crippen molar-refractivity contribution in [1.82, 2.24) is 29.5 Å². The van der Waals surface area contributed by atoms with E-state index in [1.54, 1.807) is 10.9 Å². The zero-order valence-corrected chi connectivity index (χ0v) is 15.0. The molecule has 8 nitrogen and oxygen atoms in total. The molecular weight excluding hydrogens is 304 g/mol. The number of nitrogen functional groups attached to an aromatic ring is 1. The molecule has 0 aromatic carbocycles. The van der Waals surface area contributed by atoms with E-state index < -0.39 is 0 Å². The Morgan fingerprint density at radius 1 is 1.17 bits per heavy atom. The third-order valence-corrected chi connectivity index (χ3v) is 4.87. The molecule has 1 atom stereocenters. The van der Waals surface area contributed by atoms with Gasteiger partial charge in [0.25, 0.3) is 0 Å². The summed E-state index contributed by atoms with van der Waals surface area (Å²) in [5.41, 5.74) is 6.79. The minimum Gasteiger partial charge on any atom is -0.383 e. The van der Waals surface area contributed by atoms with E-state index in [2.05, 4.69) is 51.1 Å². The Morgan fingerprint density at radius 2 is 1.88 bits per heavy atom. The van der Waals surface area contributed by atoms with Crippen LogP contribution in [0.3, 0.4) is 0 Å². The number of hydrogen-bond donors (Lipinski definition) is 2. The van der Waals surface area contributed by atoms with Crippen LogP contribution in [-0.2, 0) is 7.05 Å². The molecule has 24 heavy (non-hydrogen) atoms. The predicted molar refractivity (Wildman–Crippen MR) is 96.9 cm³/mol. The number of aryl methyl sites for hydroxylation is 1. The molecule has 0 spiro atoms. The molecule has 1 aliphatic heterocycles. The molecule has 0 saturated carbocycles. The summed E-state index contributed by atoms with van der Waals surface area (Å²) in [6.07, 6.45) is 1.70. The first-order chi connectivity index (χ1) is 11.5. The van der Waals surface area contributed by atoms with Crippen LogP contribution in [0.1, 0.15) is 13.8 Å². The molecular formula is C16H28N8. The van der Waals surface area contributed by atoms with Crippen LogP contribution in [-0.4, -0.2) is 75.4 Å². The van der Waals surface area contributed by atoms with E-state index in [9.17, 15) is 0 Å². The first-order valence-electron chi connectivity index (χ1n) is 8.57. The molecule has 0 bridgehead atoms. The highest BCUT2D eigenvalue weighted by Gasteiger charge is 2.25. The summed E-state index contributed by atoms with van der Waals surface area (Å²) in [7, 11) is 4.04. The summed E-state index contributed by atoms with van der Waals surface area (Å²) < 4.78 is 1.72. The molecule has 1 fully saturated rings. The van der Waals surface area contributed by atoms with Crippen LogP contribution in [0.4, 0.5) is 11.8 Å². The van der Waals surface area contributed by atoms with E-state index in [1.165, 1.54) is 0 Å². The molecule has 3 N–H and O–H groups in total. The predicted octanol–water partition coefficient (Wildman–Crippen LogP) is 0.629. The first kappa shape index (κ1) is 16.9.